The first kappa shape index (κ1) is 13.4. The molecule has 0 bridgehead atoms. The summed E-state index contributed by atoms with van der Waals surface area (Å²) in [6, 6.07) is 0. The van der Waals surface area contributed by atoms with Crippen molar-refractivity contribution in [2.75, 3.05) is 18.8 Å². The van der Waals surface area contributed by atoms with Crippen LogP contribution in [-0.4, -0.2) is 29.9 Å². The van der Waals surface area contributed by atoms with Crippen LogP contribution in [-0.2, 0) is 4.79 Å². The minimum Gasteiger partial charge on any atom is -0.370 e. The number of rotatable bonds is 5. The zero-order chi connectivity index (χ0) is 12.0. The van der Waals surface area contributed by atoms with Crippen LogP contribution >= 0.6 is 11.8 Å². The number of nitrogens with zero attached hydrogens (tertiary/aromatic N) is 1. The molecule has 0 aromatic carbocycles. The number of carbonyl (C=O) groups excluding carboxylic acids is 1. The fraction of sp³-hybridized carbons (Fsp3) is 0.818. The van der Waals surface area contributed by atoms with Crippen LogP contribution in [0.1, 0.15) is 33.1 Å². The molecule has 0 fully saturated rings. The maximum Gasteiger partial charge on any atom is 0.217 e. The van der Waals surface area contributed by atoms with Crippen molar-refractivity contribution in [3.8, 4) is 0 Å². The van der Waals surface area contributed by atoms with Crippen molar-refractivity contribution in [3.05, 3.63) is 0 Å². The van der Waals surface area contributed by atoms with Gasteiger partial charge in [0.25, 0.3) is 0 Å². The lowest BCUT2D eigenvalue weighted by atomic mass is 9.97. The van der Waals surface area contributed by atoms with Crippen LogP contribution in [0.4, 0.5) is 0 Å². The number of carbonyl (C=O) groups is 1. The quantitative estimate of drug-likeness (QED) is 0.716. The van der Waals surface area contributed by atoms with Gasteiger partial charge >= 0.3 is 0 Å². The molecule has 0 saturated heterocycles. The molecule has 0 aliphatic carbocycles. The Labute approximate surface area is 101 Å². The number of nitrogens with one attached hydrogen (secondary N) is 1. The lowest BCUT2D eigenvalue weighted by molar-refractivity contribution is -0.118. The third-order valence-corrected chi connectivity index (χ3v) is 3.85. The van der Waals surface area contributed by atoms with Gasteiger partial charge in [-0.1, -0.05) is 25.6 Å². The molecule has 1 rings (SSSR count). The Morgan fingerprint density at radius 1 is 1.56 bits per heavy atom. The molecule has 0 aromatic heterocycles. The molecule has 0 radical (unpaired) electrons. The molecule has 0 atom stereocenters. The van der Waals surface area contributed by atoms with E-state index in [2.05, 4.69) is 24.2 Å². The van der Waals surface area contributed by atoms with Crippen molar-refractivity contribution in [2.24, 2.45) is 16.1 Å². The Morgan fingerprint density at radius 2 is 2.31 bits per heavy atom. The van der Waals surface area contributed by atoms with E-state index in [0.29, 0.717) is 11.8 Å². The first-order valence-electron chi connectivity index (χ1n) is 5.69. The van der Waals surface area contributed by atoms with Crippen LogP contribution in [0.5, 0.6) is 0 Å². The summed E-state index contributed by atoms with van der Waals surface area (Å²) in [6.45, 7) is 6.23. The van der Waals surface area contributed by atoms with Crippen molar-refractivity contribution in [1.82, 2.24) is 5.32 Å². The Kier molecular flexibility index (Phi) is 5.12. The van der Waals surface area contributed by atoms with Gasteiger partial charge in [0.1, 0.15) is 0 Å². The fourth-order valence-corrected chi connectivity index (χ4v) is 2.35. The predicted molar refractivity (Wildman–Crippen MR) is 69.6 cm³/mol. The molecule has 0 spiro atoms. The smallest absolute Gasteiger partial charge is 0.217 e. The first-order chi connectivity index (χ1) is 7.49. The van der Waals surface area contributed by atoms with Crippen molar-refractivity contribution >= 4 is 22.8 Å². The Bertz CT molecular complexity index is 276. The molecule has 1 heterocycles. The standard InChI is InChI=1S/C11H21N3OS/c1-11(2)7-14-10(16-8-11)13-6-4-3-5-9(12)15/h3-8H2,1-2H3,(H2,12,15)(H,13,14). The van der Waals surface area contributed by atoms with Crippen molar-refractivity contribution in [1.29, 1.82) is 0 Å². The van der Waals surface area contributed by atoms with E-state index in [0.717, 1.165) is 36.9 Å². The number of primary amides is 1. The monoisotopic (exact) mass is 243 g/mol. The minimum atomic E-state index is -0.217. The molecule has 1 aliphatic rings. The van der Waals surface area contributed by atoms with Crippen LogP contribution in [0.25, 0.3) is 0 Å². The lowest BCUT2D eigenvalue weighted by Gasteiger charge is -2.27. The van der Waals surface area contributed by atoms with Crippen molar-refractivity contribution < 1.29 is 4.79 Å². The van der Waals surface area contributed by atoms with E-state index in [4.69, 9.17) is 5.73 Å². The summed E-state index contributed by atoms with van der Waals surface area (Å²) in [5.41, 5.74) is 5.38. The molecular weight excluding hydrogens is 222 g/mol. The molecule has 1 amide bonds. The molecule has 16 heavy (non-hydrogen) atoms. The third kappa shape index (κ3) is 5.39. The Morgan fingerprint density at radius 3 is 2.88 bits per heavy atom. The molecular formula is C11H21N3OS. The normalized spacial score (nSPS) is 19.0. The highest BCUT2D eigenvalue weighted by molar-refractivity contribution is 8.13. The summed E-state index contributed by atoms with van der Waals surface area (Å²) < 4.78 is 0. The van der Waals surface area contributed by atoms with E-state index in [9.17, 15) is 4.79 Å². The van der Waals surface area contributed by atoms with Gasteiger partial charge < -0.3 is 11.1 Å². The number of amides is 1. The van der Waals surface area contributed by atoms with Crippen LogP contribution in [0, 0.1) is 5.41 Å². The van der Waals surface area contributed by atoms with Gasteiger partial charge in [-0.05, 0) is 18.3 Å². The largest absolute Gasteiger partial charge is 0.370 e. The van der Waals surface area contributed by atoms with Gasteiger partial charge in [-0.2, -0.15) is 0 Å². The SMILES string of the molecule is CC1(C)CN=C(NCCCCC(N)=O)SC1. The van der Waals surface area contributed by atoms with Gasteiger partial charge in [0.05, 0.1) is 0 Å². The third-order valence-electron chi connectivity index (χ3n) is 2.38. The highest BCUT2D eigenvalue weighted by Gasteiger charge is 2.22. The summed E-state index contributed by atoms with van der Waals surface area (Å²) in [7, 11) is 0. The van der Waals surface area contributed by atoms with Gasteiger partial charge in [-0.3, -0.25) is 9.79 Å². The molecule has 92 valence electrons. The van der Waals surface area contributed by atoms with E-state index in [1.54, 1.807) is 11.8 Å². The summed E-state index contributed by atoms with van der Waals surface area (Å²) >= 11 is 1.78. The molecule has 0 aromatic rings. The number of aliphatic imine (C=N–C) groups is 1. The maximum absolute atomic E-state index is 10.5. The summed E-state index contributed by atoms with van der Waals surface area (Å²) in [5.74, 6) is 0.895. The highest BCUT2D eigenvalue weighted by atomic mass is 32.2. The summed E-state index contributed by atoms with van der Waals surface area (Å²) in [4.78, 5) is 15.0. The maximum atomic E-state index is 10.5. The number of hydrogen-bond acceptors (Lipinski definition) is 4. The Balaban J connectivity index is 2.10. The Hall–Kier alpha value is -0.710. The second-order valence-electron chi connectivity index (χ2n) is 4.92. The first-order valence-corrected chi connectivity index (χ1v) is 6.68. The molecule has 0 saturated carbocycles. The topological polar surface area (TPSA) is 67.5 Å². The van der Waals surface area contributed by atoms with E-state index in [1.807, 2.05) is 0 Å². The number of thioether (sulfide) groups is 1. The molecule has 4 nitrogen and oxygen atoms in total. The van der Waals surface area contributed by atoms with E-state index < -0.39 is 0 Å². The highest BCUT2D eigenvalue weighted by Crippen LogP contribution is 2.26. The van der Waals surface area contributed by atoms with Crippen LogP contribution in [0.15, 0.2) is 4.99 Å². The van der Waals surface area contributed by atoms with E-state index in [1.165, 1.54) is 0 Å². The lowest BCUT2D eigenvalue weighted by Crippen LogP contribution is -2.31. The van der Waals surface area contributed by atoms with Gasteiger partial charge in [-0.15, -0.1) is 0 Å². The second kappa shape index (κ2) is 6.13. The number of unbranched alkanes of at least 4 members (excludes halogenated alkanes) is 1. The van der Waals surface area contributed by atoms with Crippen molar-refractivity contribution in [3.63, 3.8) is 0 Å². The van der Waals surface area contributed by atoms with Crippen LogP contribution in [0.3, 0.4) is 0 Å². The number of amidine groups is 1. The molecule has 0 unspecified atom stereocenters. The van der Waals surface area contributed by atoms with Crippen LogP contribution < -0.4 is 11.1 Å². The number of nitrogens with two attached hydrogens (primary N) is 1. The van der Waals surface area contributed by atoms with Gasteiger partial charge in [0.15, 0.2) is 5.17 Å². The second-order valence-corrected chi connectivity index (χ2v) is 5.89. The average molecular weight is 243 g/mol. The van der Waals surface area contributed by atoms with Gasteiger partial charge in [0, 0.05) is 25.3 Å². The molecule has 3 N–H and O–H groups in total. The van der Waals surface area contributed by atoms with E-state index >= 15 is 0 Å². The predicted octanol–water partition coefficient (Wildman–Crippen LogP) is 1.36. The summed E-state index contributed by atoms with van der Waals surface area (Å²) in [5, 5.41) is 4.33. The van der Waals surface area contributed by atoms with Crippen LogP contribution in [0.2, 0.25) is 0 Å². The average Bonchev–Trinajstić information content (AvgIpc) is 2.19. The summed E-state index contributed by atoms with van der Waals surface area (Å²) in [6.07, 6.45) is 2.30. The molecule has 1 aliphatic heterocycles. The number of hydrogen-bond donors (Lipinski definition) is 2. The van der Waals surface area contributed by atoms with Gasteiger partial charge in [0.2, 0.25) is 5.91 Å². The minimum absolute atomic E-state index is 0.217. The molecule has 5 heteroatoms. The zero-order valence-corrected chi connectivity index (χ0v) is 10.9. The van der Waals surface area contributed by atoms with E-state index in [-0.39, 0.29) is 5.91 Å². The zero-order valence-electron chi connectivity index (χ0n) is 10.1. The van der Waals surface area contributed by atoms with Crippen molar-refractivity contribution in [2.45, 2.75) is 33.1 Å². The van der Waals surface area contributed by atoms with Gasteiger partial charge in [-0.25, -0.2) is 0 Å². The fourth-order valence-electron chi connectivity index (χ4n) is 1.37.